The van der Waals surface area contributed by atoms with Gasteiger partial charge in [-0.3, -0.25) is 0 Å². The Hall–Kier alpha value is -1.13. The van der Waals surface area contributed by atoms with Gasteiger partial charge in [0, 0.05) is 5.54 Å². The first-order chi connectivity index (χ1) is 8.08. The maximum absolute atomic E-state index is 13.5. The molecule has 5 heteroatoms. The molecular formula is C12H14ClF2NO. The smallest absolute Gasteiger partial charge is 0.191 e. The van der Waals surface area contributed by atoms with E-state index < -0.39 is 11.6 Å². The van der Waals surface area contributed by atoms with Crippen molar-refractivity contribution in [2.24, 2.45) is 5.73 Å². The van der Waals surface area contributed by atoms with Gasteiger partial charge in [-0.2, -0.15) is 0 Å². The van der Waals surface area contributed by atoms with E-state index in [1.807, 2.05) is 0 Å². The number of rotatable bonds is 5. The van der Waals surface area contributed by atoms with Gasteiger partial charge >= 0.3 is 0 Å². The summed E-state index contributed by atoms with van der Waals surface area (Å²) in [5.41, 5.74) is 7.81. The Morgan fingerprint density at radius 2 is 2.00 bits per heavy atom. The number of benzene rings is 1. The molecule has 0 saturated carbocycles. The van der Waals surface area contributed by atoms with E-state index in [0.29, 0.717) is 24.1 Å². The van der Waals surface area contributed by atoms with Gasteiger partial charge in [-0.15, -0.1) is 0 Å². The second kappa shape index (κ2) is 6.57. The fourth-order valence-corrected chi connectivity index (χ4v) is 1.34. The number of ether oxygens (including phenoxy) is 1. The first-order valence-electron chi connectivity index (χ1n) is 5.15. The van der Waals surface area contributed by atoms with Crippen LogP contribution in [0.1, 0.15) is 12.5 Å². The third-order valence-electron chi connectivity index (χ3n) is 2.12. The zero-order valence-electron chi connectivity index (χ0n) is 9.47. The van der Waals surface area contributed by atoms with E-state index in [0.717, 1.165) is 0 Å². The highest BCUT2D eigenvalue weighted by Gasteiger charge is 2.12. The Kier molecular flexibility index (Phi) is 5.38. The van der Waals surface area contributed by atoms with Gasteiger partial charge in [0.15, 0.2) is 17.4 Å². The second-order valence-corrected chi connectivity index (χ2v) is 3.89. The molecule has 1 aromatic rings. The van der Waals surface area contributed by atoms with Gasteiger partial charge in [-0.25, -0.2) is 8.78 Å². The molecule has 0 bridgehead atoms. The molecule has 1 aromatic carbocycles. The lowest BCUT2D eigenvalue weighted by atomic mass is 10.1. The van der Waals surface area contributed by atoms with Crippen molar-refractivity contribution in [1.29, 1.82) is 0 Å². The van der Waals surface area contributed by atoms with Gasteiger partial charge in [0.2, 0.25) is 0 Å². The monoisotopic (exact) mass is 261 g/mol. The maximum atomic E-state index is 13.5. The molecule has 1 rings (SSSR count). The summed E-state index contributed by atoms with van der Waals surface area (Å²) < 4.78 is 32.1. The van der Waals surface area contributed by atoms with E-state index >= 15 is 0 Å². The van der Waals surface area contributed by atoms with Crippen LogP contribution in [0.5, 0.6) is 5.75 Å². The maximum Gasteiger partial charge on any atom is 0.191 e. The van der Waals surface area contributed by atoms with Crippen molar-refractivity contribution in [1.82, 2.24) is 0 Å². The average Bonchev–Trinajstić information content (AvgIpc) is 2.28. The summed E-state index contributed by atoms with van der Waals surface area (Å²) >= 11 is 5.42. The molecule has 0 unspecified atom stereocenters. The fourth-order valence-electron chi connectivity index (χ4n) is 1.28. The predicted octanol–water partition coefficient (Wildman–Crippen LogP) is 2.99. The Balaban J connectivity index is 2.86. The lowest BCUT2D eigenvalue weighted by Crippen LogP contribution is -2.06. The summed E-state index contributed by atoms with van der Waals surface area (Å²) in [6.07, 6.45) is 0.425. The van der Waals surface area contributed by atoms with Crippen LogP contribution in [0.4, 0.5) is 8.78 Å². The SMILES string of the molecule is CC(=CCl)COc1c(F)cc(CCN)cc1F. The Bertz CT molecular complexity index is 398. The summed E-state index contributed by atoms with van der Waals surface area (Å²) in [5.74, 6) is -1.84. The summed E-state index contributed by atoms with van der Waals surface area (Å²) in [4.78, 5) is 0. The van der Waals surface area contributed by atoms with Crippen molar-refractivity contribution in [3.63, 3.8) is 0 Å². The normalized spacial score (nSPS) is 11.7. The summed E-state index contributed by atoms with van der Waals surface area (Å²) in [5, 5.41) is 0. The minimum Gasteiger partial charge on any atom is -0.483 e. The molecule has 0 amide bonds. The highest BCUT2D eigenvalue weighted by Crippen LogP contribution is 2.24. The average molecular weight is 262 g/mol. The van der Waals surface area contributed by atoms with Crippen molar-refractivity contribution in [3.05, 3.63) is 40.4 Å². The number of nitrogens with two attached hydrogens (primary N) is 1. The van der Waals surface area contributed by atoms with Crippen molar-refractivity contribution in [2.45, 2.75) is 13.3 Å². The van der Waals surface area contributed by atoms with Crippen LogP contribution in [0.2, 0.25) is 0 Å². The van der Waals surface area contributed by atoms with Crippen LogP contribution in [0.3, 0.4) is 0 Å². The lowest BCUT2D eigenvalue weighted by molar-refractivity contribution is 0.312. The van der Waals surface area contributed by atoms with Crippen molar-refractivity contribution in [2.75, 3.05) is 13.2 Å². The van der Waals surface area contributed by atoms with Gasteiger partial charge in [0.1, 0.15) is 6.61 Å². The quantitative estimate of drug-likeness (QED) is 0.884. The molecular weight excluding hydrogens is 248 g/mol. The van der Waals surface area contributed by atoms with Gasteiger partial charge < -0.3 is 10.5 Å². The standard InChI is InChI=1S/C12H14ClF2NO/c1-8(6-13)7-17-12-10(14)4-9(2-3-16)5-11(12)15/h4-6H,2-3,7,16H2,1H3. The van der Waals surface area contributed by atoms with Crippen LogP contribution in [0.15, 0.2) is 23.2 Å². The molecule has 0 aliphatic heterocycles. The molecule has 0 saturated heterocycles. The molecule has 2 nitrogen and oxygen atoms in total. The molecule has 94 valence electrons. The van der Waals surface area contributed by atoms with Crippen LogP contribution in [0.25, 0.3) is 0 Å². The zero-order chi connectivity index (χ0) is 12.8. The van der Waals surface area contributed by atoms with Crippen molar-refractivity contribution >= 4 is 11.6 Å². The molecule has 17 heavy (non-hydrogen) atoms. The van der Waals surface area contributed by atoms with Gasteiger partial charge in [0.25, 0.3) is 0 Å². The van der Waals surface area contributed by atoms with E-state index in [9.17, 15) is 8.78 Å². The largest absolute Gasteiger partial charge is 0.483 e. The first kappa shape index (κ1) is 13.9. The zero-order valence-corrected chi connectivity index (χ0v) is 10.2. The molecule has 0 radical (unpaired) electrons. The number of hydrogen-bond donors (Lipinski definition) is 1. The minimum atomic E-state index is -0.726. The number of halogens is 3. The molecule has 2 N–H and O–H groups in total. The van der Waals surface area contributed by atoms with Crippen molar-refractivity contribution < 1.29 is 13.5 Å². The third-order valence-corrected chi connectivity index (χ3v) is 2.49. The van der Waals surface area contributed by atoms with E-state index in [1.54, 1.807) is 6.92 Å². The van der Waals surface area contributed by atoms with E-state index in [2.05, 4.69) is 0 Å². The van der Waals surface area contributed by atoms with Gasteiger partial charge in [0.05, 0.1) is 0 Å². The molecule has 0 atom stereocenters. The third kappa shape index (κ3) is 3.98. The van der Waals surface area contributed by atoms with Crippen LogP contribution in [-0.2, 0) is 6.42 Å². The van der Waals surface area contributed by atoms with E-state index in [4.69, 9.17) is 22.1 Å². The van der Waals surface area contributed by atoms with Crippen LogP contribution in [-0.4, -0.2) is 13.2 Å². The molecule has 0 heterocycles. The molecule has 0 spiro atoms. The molecule has 0 fully saturated rings. The Morgan fingerprint density at radius 3 is 2.47 bits per heavy atom. The lowest BCUT2D eigenvalue weighted by Gasteiger charge is -2.09. The predicted molar refractivity (Wildman–Crippen MR) is 64.2 cm³/mol. The topological polar surface area (TPSA) is 35.2 Å². The fraction of sp³-hybridized carbons (Fsp3) is 0.333. The summed E-state index contributed by atoms with van der Waals surface area (Å²) in [7, 11) is 0. The first-order valence-corrected chi connectivity index (χ1v) is 5.58. The summed E-state index contributed by atoms with van der Waals surface area (Å²) in [6, 6.07) is 2.45. The van der Waals surface area contributed by atoms with Gasteiger partial charge in [-0.1, -0.05) is 11.6 Å². The van der Waals surface area contributed by atoms with Crippen LogP contribution >= 0.6 is 11.6 Å². The van der Waals surface area contributed by atoms with Crippen LogP contribution in [0, 0.1) is 11.6 Å². The molecule has 0 aliphatic rings. The minimum absolute atomic E-state index is 0.0492. The molecule has 0 aromatic heterocycles. The number of hydrogen-bond acceptors (Lipinski definition) is 2. The summed E-state index contributed by atoms with van der Waals surface area (Å²) in [6.45, 7) is 2.09. The molecule has 0 aliphatic carbocycles. The van der Waals surface area contributed by atoms with Gasteiger partial charge in [-0.05, 0) is 43.2 Å². The van der Waals surface area contributed by atoms with E-state index in [1.165, 1.54) is 17.7 Å². The highest BCUT2D eigenvalue weighted by atomic mass is 35.5. The second-order valence-electron chi connectivity index (χ2n) is 3.67. The Labute approximate surface area is 104 Å². The van der Waals surface area contributed by atoms with E-state index in [-0.39, 0.29) is 12.4 Å². The van der Waals surface area contributed by atoms with Crippen LogP contribution < -0.4 is 10.5 Å². The van der Waals surface area contributed by atoms with Crippen molar-refractivity contribution in [3.8, 4) is 5.75 Å². The highest BCUT2D eigenvalue weighted by molar-refractivity contribution is 6.25. The Morgan fingerprint density at radius 1 is 1.41 bits per heavy atom.